The largest absolute Gasteiger partial charge is 0.416 e. The van der Waals surface area contributed by atoms with Gasteiger partial charge in [0.2, 0.25) is 0 Å². The number of hydrogen-bond acceptors (Lipinski definition) is 2. The first-order chi connectivity index (χ1) is 7.54. The molecule has 1 heterocycles. The first-order valence-electron chi connectivity index (χ1n) is 4.87. The van der Waals surface area contributed by atoms with Gasteiger partial charge in [-0.25, -0.2) is 4.98 Å². The van der Waals surface area contributed by atoms with Crippen LogP contribution in [0.1, 0.15) is 18.4 Å². The molecule has 0 aromatic carbocycles. The van der Waals surface area contributed by atoms with Crippen LogP contribution < -0.4 is 5.32 Å². The molecule has 0 aliphatic heterocycles. The fraction of sp³-hybridized carbons (Fsp3) is 0.500. The lowest BCUT2D eigenvalue weighted by Gasteiger charge is -2.09. The Labute approximate surface area is 96.8 Å². The minimum Gasteiger partial charge on any atom is -0.370 e. The van der Waals surface area contributed by atoms with E-state index in [1.807, 2.05) is 0 Å². The topological polar surface area (TPSA) is 24.9 Å². The number of alkyl halides is 4. The second-order valence-corrected chi connectivity index (χ2v) is 3.63. The number of anilines is 1. The molecule has 0 fully saturated rings. The zero-order valence-corrected chi connectivity index (χ0v) is 9.28. The molecule has 0 saturated carbocycles. The van der Waals surface area contributed by atoms with Crippen LogP contribution in [0.4, 0.5) is 19.0 Å². The molecule has 6 heteroatoms. The maximum absolute atomic E-state index is 12.3. The van der Waals surface area contributed by atoms with Gasteiger partial charge in [-0.3, -0.25) is 0 Å². The van der Waals surface area contributed by atoms with Gasteiger partial charge in [0, 0.05) is 18.6 Å². The van der Waals surface area contributed by atoms with E-state index >= 15 is 0 Å². The van der Waals surface area contributed by atoms with Gasteiger partial charge in [-0.1, -0.05) is 0 Å². The van der Waals surface area contributed by atoms with Crippen LogP contribution >= 0.6 is 11.6 Å². The van der Waals surface area contributed by atoms with Crippen LogP contribution in [-0.2, 0) is 6.18 Å². The summed E-state index contributed by atoms with van der Waals surface area (Å²) in [5.74, 6) is 0.793. The molecular formula is C10H12ClF3N2. The smallest absolute Gasteiger partial charge is 0.370 e. The third-order valence-electron chi connectivity index (χ3n) is 1.95. The van der Waals surface area contributed by atoms with Gasteiger partial charge in [0.25, 0.3) is 0 Å². The number of pyridine rings is 1. The Morgan fingerprint density at radius 2 is 2.06 bits per heavy atom. The standard InChI is InChI=1S/C10H12ClF3N2/c11-4-1-2-5-15-9-7-8(3-6-16-9)10(12,13)14/h3,6-7H,1-2,4-5H2,(H,15,16). The summed E-state index contributed by atoms with van der Waals surface area (Å²) in [6.07, 6.45) is -1.54. The van der Waals surface area contributed by atoms with E-state index in [1.165, 1.54) is 0 Å². The van der Waals surface area contributed by atoms with Gasteiger partial charge >= 0.3 is 6.18 Å². The number of rotatable bonds is 5. The molecule has 16 heavy (non-hydrogen) atoms. The lowest BCUT2D eigenvalue weighted by molar-refractivity contribution is -0.137. The zero-order valence-electron chi connectivity index (χ0n) is 8.52. The number of nitrogens with zero attached hydrogens (tertiary/aromatic N) is 1. The van der Waals surface area contributed by atoms with Crippen molar-refractivity contribution in [3.8, 4) is 0 Å². The molecule has 0 aliphatic rings. The number of nitrogens with one attached hydrogen (secondary N) is 1. The zero-order chi connectivity index (χ0) is 12.0. The van der Waals surface area contributed by atoms with E-state index in [1.54, 1.807) is 0 Å². The summed E-state index contributed by atoms with van der Waals surface area (Å²) in [6.45, 7) is 0.570. The molecule has 0 aliphatic carbocycles. The Hall–Kier alpha value is -0.970. The fourth-order valence-corrected chi connectivity index (χ4v) is 1.33. The lowest BCUT2D eigenvalue weighted by atomic mass is 10.2. The molecule has 0 unspecified atom stereocenters. The molecule has 0 radical (unpaired) electrons. The van der Waals surface area contributed by atoms with Gasteiger partial charge in [-0.2, -0.15) is 13.2 Å². The minimum atomic E-state index is -4.32. The Bertz CT molecular complexity index is 328. The Kier molecular flexibility index (Phi) is 4.86. The number of aromatic nitrogens is 1. The second-order valence-electron chi connectivity index (χ2n) is 3.25. The first-order valence-corrected chi connectivity index (χ1v) is 5.40. The third kappa shape index (κ3) is 4.26. The van der Waals surface area contributed by atoms with Crippen molar-refractivity contribution in [2.45, 2.75) is 19.0 Å². The normalized spacial score (nSPS) is 11.5. The van der Waals surface area contributed by atoms with Gasteiger partial charge in [-0.15, -0.1) is 11.6 Å². The van der Waals surface area contributed by atoms with Gasteiger partial charge in [0.05, 0.1) is 5.56 Å². The summed E-state index contributed by atoms with van der Waals surface area (Å²) < 4.78 is 37.0. The molecule has 1 aromatic rings. The molecule has 0 atom stereocenters. The highest BCUT2D eigenvalue weighted by atomic mass is 35.5. The van der Waals surface area contributed by atoms with Crippen molar-refractivity contribution in [2.75, 3.05) is 17.7 Å². The van der Waals surface area contributed by atoms with Gasteiger partial charge < -0.3 is 5.32 Å². The average molecular weight is 253 g/mol. The van der Waals surface area contributed by atoms with Crippen molar-refractivity contribution in [3.05, 3.63) is 23.9 Å². The van der Waals surface area contributed by atoms with Crippen LogP contribution in [0, 0.1) is 0 Å². The average Bonchev–Trinajstić information content (AvgIpc) is 2.24. The van der Waals surface area contributed by atoms with E-state index in [4.69, 9.17) is 11.6 Å². The molecule has 2 nitrogen and oxygen atoms in total. The minimum absolute atomic E-state index is 0.240. The molecular weight excluding hydrogens is 241 g/mol. The lowest BCUT2D eigenvalue weighted by Crippen LogP contribution is -2.08. The van der Waals surface area contributed by atoms with Crippen molar-refractivity contribution in [2.24, 2.45) is 0 Å². The predicted octanol–water partition coefficient (Wildman–Crippen LogP) is 3.53. The summed E-state index contributed by atoms with van der Waals surface area (Å²) in [5, 5.41) is 2.82. The highest BCUT2D eigenvalue weighted by Crippen LogP contribution is 2.29. The van der Waals surface area contributed by atoms with Gasteiger partial charge in [-0.05, 0) is 25.0 Å². The molecule has 1 N–H and O–H groups in total. The van der Waals surface area contributed by atoms with Crippen LogP contribution in [-0.4, -0.2) is 17.4 Å². The number of unbranched alkanes of at least 4 members (excludes halogenated alkanes) is 1. The highest BCUT2D eigenvalue weighted by Gasteiger charge is 2.30. The summed E-state index contributed by atoms with van der Waals surface area (Å²) in [4.78, 5) is 3.81. The Morgan fingerprint density at radius 1 is 1.31 bits per heavy atom. The summed E-state index contributed by atoms with van der Waals surface area (Å²) in [6, 6.07) is 1.95. The predicted molar refractivity (Wildman–Crippen MR) is 57.7 cm³/mol. The molecule has 0 bridgehead atoms. The fourth-order valence-electron chi connectivity index (χ4n) is 1.14. The van der Waals surface area contributed by atoms with E-state index in [0.717, 1.165) is 31.2 Å². The van der Waals surface area contributed by atoms with Crippen molar-refractivity contribution in [1.82, 2.24) is 4.98 Å². The SMILES string of the molecule is FC(F)(F)c1ccnc(NCCCCCl)c1. The first kappa shape index (κ1) is 13.1. The summed E-state index contributed by atoms with van der Waals surface area (Å²) in [5.41, 5.74) is -0.692. The third-order valence-corrected chi connectivity index (χ3v) is 2.22. The molecule has 0 spiro atoms. The maximum Gasteiger partial charge on any atom is 0.416 e. The van der Waals surface area contributed by atoms with Crippen LogP contribution in [0.5, 0.6) is 0 Å². The van der Waals surface area contributed by atoms with E-state index in [-0.39, 0.29) is 5.82 Å². The van der Waals surface area contributed by atoms with Crippen LogP contribution in [0.15, 0.2) is 18.3 Å². The quantitative estimate of drug-likeness (QED) is 0.641. The molecule has 1 rings (SSSR count). The second kappa shape index (κ2) is 5.94. The monoisotopic (exact) mass is 252 g/mol. The van der Waals surface area contributed by atoms with Crippen molar-refractivity contribution in [1.29, 1.82) is 0 Å². The van der Waals surface area contributed by atoms with E-state index in [0.29, 0.717) is 12.4 Å². The van der Waals surface area contributed by atoms with Crippen LogP contribution in [0.3, 0.4) is 0 Å². The molecule has 1 aromatic heterocycles. The van der Waals surface area contributed by atoms with Crippen molar-refractivity contribution >= 4 is 17.4 Å². The van der Waals surface area contributed by atoms with E-state index in [2.05, 4.69) is 10.3 Å². The molecule has 0 amide bonds. The van der Waals surface area contributed by atoms with Crippen molar-refractivity contribution < 1.29 is 13.2 Å². The Balaban J connectivity index is 2.54. The van der Waals surface area contributed by atoms with Crippen LogP contribution in [0.25, 0.3) is 0 Å². The molecule has 0 saturated heterocycles. The Morgan fingerprint density at radius 3 is 2.69 bits per heavy atom. The summed E-state index contributed by atoms with van der Waals surface area (Å²) >= 11 is 5.48. The highest BCUT2D eigenvalue weighted by molar-refractivity contribution is 6.17. The number of halogens is 4. The number of hydrogen-bond donors (Lipinski definition) is 1. The van der Waals surface area contributed by atoms with Crippen LogP contribution in [0.2, 0.25) is 0 Å². The van der Waals surface area contributed by atoms with E-state index < -0.39 is 11.7 Å². The summed E-state index contributed by atoms with van der Waals surface area (Å²) in [7, 11) is 0. The van der Waals surface area contributed by atoms with Gasteiger partial charge in [0.1, 0.15) is 5.82 Å². The van der Waals surface area contributed by atoms with E-state index in [9.17, 15) is 13.2 Å². The van der Waals surface area contributed by atoms with Crippen molar-refractivity contribution in [3.63, 3.8) is 0 Å². The molecule has 90 valence electrons. The maximum atomic E-state index is 12.3. The van der Waals surface area contributed by atoms with Gasteiger partial charge in [0.15, 0.2) is 0 Å².